The number of benzene rings is 1. The molecule has 1 unspecified atom stereocenters. The van der Waals surface area contributed by atoms with Crippen molar-refractivity contribution in [2.24, 2.45) is 0 Å². The first-order valence-corrected chi connectivity index (χ1v) is 8.60. The Labute approximate surface area is 110 Å². The molecule has 0 saturated carbocycles. The molecular weight excluding hydrogens is 307 g/mol. The average Bonchev–Trinajstić information content (AvgIpc) is 2.24. The van der Waals surface area contributed by atoms with Crippen LogP contribution in [0, 0.1) is 5.82 Å². The summed E-state index contributed by atoms with van der Waals surface area (Å²) >= 11 is 3.35. The van der Waals surface area contributed by atoms with Crippen LogP contribution in [0.25, 0.3) is 0 Å². The standard InChI is InChI=1S/C12H16BrFO2S/c1-17(15,16)8-4-5-10(9-13)11-6-2-3-7-12(11)14/h2-3,6-7,10H,4-5,8-9H2,1H3. The molecule has 0 radical (unpaired) electrons. The van der Waals surface area contributed by atoms with Gasteiger partial charge >= 0.3 is 0 Å². The van der Waals surface area contributed by atoms with Crippen molar-refractivity contribution < 1.29 is 12.8 Å². The zero-order valence-electron chi connectivity index (χ0n) is 9.70. The summed E-state index contributed by atoms with van der Waals surface area (Å²) in [4.78, 5) is 0. The van der Waals surface area contributed by atoms with Crippen LogP contribution in [0.3, 0.4) is 0 Å². The summed E-state index contributed by atoms with van der Waals surface area (Å²) in [6, 6.07) is 6.63. The quantitative estimate of drug-likeness (QED) is 0.754. The zero-order valence-corrected chi connectivity index (χ0v) is 12.1. The van der Waals surface area contributed by atoms with E-state index in [0.717, 1.165) is 0 Å². The Kier molecular flexibility index (Phi) is 5.59. The molecule has 1 atom stereocenters. The molecule has 0 N–H and O–H groups in total. The van der Waals surface area contributed by atoms with Gasteiger partial charge in [-0.05, 0) is 30.4 Å². The predicted molar refractivity (Wildman–Crippen MR) is 71.9 cm³/mol. The molecule has 0 spiro atoms. The van der Waals surface area contributed by atoms with Gasteiger partial charge in [-0.1, -0.05) is 34.1 Å². The van der Waals surface area contributed by atoms with E-state index < -0.39 is 9.84 Å². The van der Waals surface area contributed by atoms with Crippen molar-refractivity contribution in [2.45, 2.75) is 18.8 Å². The van der Waals surface area contributed by atoms with Gasteiger partial charge in [-0.15, -0.1) is 0 Å². The molecule has 0 aliphatic heterocycles. The van der Waals surface area contributed by atoms with Gasteiger partial charge in [-0.3, -0.25) is 0 Å². The molecule has 0 fully saturated rings. The lowest BCUT2D eigenvalue weighted by Gasteiger charge is -2.14. The van der Waals surface area contributed by atoms with Crippen molar-refractivity contribution >= 4 is 25.8 Å². The number of sulfone groups is 1. The Morgan fingerprint density at radius 3 is 2.53 bits per heavy atom. The maximum Gasteiger partial charge on any atom is 0.147 e. The second-order valence-electron chi connectivity index (χ2n) is 4.14. The number of halogens is 2. The lowest BCUT2D eigenvalue weighted by molar-refractivity contribution is 0.569. The molecule has 1 rings (SSSR count). The van der Waals surface area contributed by atoms with Crippen LogP contribution in [0.4, 0.5) is 4.39 Å². The maximum atomic E-state index is 13.5. The zero-order chi connectivity index (χ0) is 12.9. The first-order valence-electron chi connectivity index (χ1n) is 5.42. The molecule has 1 aromatic carbocycles. The van der Waals surface area contributed by atoms with E-state index in [4.69, 9.17) is 0 Å². The van der Waals surface area contributed by atoms with E-state index in [1.165, 1.54) is 12.3 Å². The largest absolute Gasteiger partial charge is 0.229 e. The lowest BCUT2D eigenvalue weighted by atomic mass is 9.96. The van der Waals surface area contributed by atoms with Crippen LogP contribution in [0.15, 0.2) is 24.3 Å². The molecule has 0 heterocycles. The second kappa shape index (κ2) is 6.50. The fourth-order valence-electron chi connectivity index (χ4n) is 1.71. The molecule has 5 heteroatoms. The van der Waals surface area contributed by atoms with Crippen LogP contribution in [0.2, 0.25) is 0 Å². The molecule has 0 saturated heterocycles. The molecule has 1 aromatic rings. The van der Waals surface area contributed by atoms with Gasteiger partial charge in [0.2, 0.25) is 0 Å². The third-order valence-electron chi connectivity index (χ3n) is 2.60. The van der Waals surface area contributed by atoms with Crippen LogP contribution in [0.1, 0.15) is 24.3 Å². The lowest BCUT2D eigenvalue weighted by Crippen LogP contribution is -2.08. The van der Waals surface area contributed by atoms with Crippen molar-refractivity contribution in [3.63, 3.8) is 0 Å². The third kappa shape index (κ3) is 5.17. The summed E-state index contributed by atoms with van der Waals surface area (Å²) in [6.45, 7) is 0. The van der Waals surface area contributed by atoms with Gasteiger partial charge in [0.05, 0.1) is 0 Å². The van der Waals surface area contributed by atoms with E-state index in [-0.39, 0.29) is 17.5 Å². The van der Waals surface area contributed by atoms with E-state index in [2.05, 4.69) is 15.9 Å². The summed E-state index contributed by atoms with van der Waals surface area (Å²) in [7, 11) is -2.93. The number of hydrogen-bond acceptors (Lipinski definition) is 2. The Morgan fingerprint density at radius 1 is 1.35 bits per heavy atom. The summed E-state index contributed by atoms with van der Waals surface area (Å²) < 4.78 is 35.6. The number of rotatable bonds is 6. The van der Waals surface area contributed by atoms with Gasteiger partial charge in [0.1, 0.15) is 15.7 Å². The molecule has 0 aliphatic carbocycles. The Bertz CT molecular complexity index is 459. The second-order valence-corrected chi connectivity index (χ2v) is 7.05. The third-order valence-corrected chi connectivity index (χ3v) is 4.41. The highest BCUT2D eigenvalue weighted by atomic mass is 79.9. The topological polar surface area (TPSA) is 34.1 Å². The molecule has 0 bridgehead atoms. The van der Waals surface area contributed by atoms with Crippen molar-refractivity contribution in [2.75, 3.05) is 17.3 Å². The minimum absolute atomic E-state index is 0.0259. The monoisotopic (exact) mass is 322 g/mol. The highest BCUT2D eigenvalue weighted by Gasteiger charge is 2.14. The maximum absolute atomic E-state index is 13.5. The van der Waals surface area contributed by atoms with E-state index in [1.807, 2.05) is 0 Å². The fourth-order valence-corrected chi connectivity index (χ4v) is 3.08. The molecule has 0 aliphatic rings. The summed E-state index contributed by atoms with van der Waals surface area (Å²) in [5, 5.41) is 0.637. The molecule has 0 aromatic heterocycles. The van der Waals surface area contributed by atoms with Crippen LogP contribution in [-0.2, 0) is 9.84 Å². The van der Waals surface area contributed by atoms with E-state index >= 15 is 0 Å². The summed E-state index contributed by atoms with van der Waals surface area (Å²) in [5.41, 5.74) is 0.651. The number of alkyl halides is 1. The van der Waals surface area contributed by atoms with Gasteiger partial charge in [0, 0.05) is 17.3 Å². The predicted octanol–water partition coefficient (Wildman–Crippen LogP) is 3.13. The molecule has 96 valence electrons. The smallest absolute Gasteiger partial charge is 0.147 e. The fraction of sp³-hybridized carbons (Fsp3) is 0.500. The van der Waals surface area contributed by atoms with E-state index in [0.29, 0.717) is 23.7 Å². The first-order chi connectivity index (χ1) is 7.94. The van der Waals surface area contributed by atoms with Gasteiger partial charge in [0.25, 0.3) is 0 Å². The first kappa shape index (κ1) is 14.6. The average molecular weight is 323 g/mol. The van der Waals surface area contributed by atoms with Crippen LogP contribution < -0.4 is 0 Å². The van der Waals surface area contributed by atoms with Crippen molar-refractivity contribution in [3.8, 4) is 0 Å². The van der Waals surface area contributed by atoms with Crippen molar-refractivity contribution in [3.05, 3.63) is 35.6 Å². The molecule has 17 heavy (non-hydrogen) atoms. The van der Waals surface area contributed by atoms with Gasteiger partial charge in [0.15, 0.2) is 0 Å². The summed E-state index contributed by atoms with van der Waals surface area (Å²) in [5.74, 6) is -0.0421. The van der Waals surface area contributed by atoms with Crippen molar-refractivity contribution in [1.29, 1.82) is 0 Å². The van der Waals surface area contributed by atoms with Gasteiger partial charge in [-0.2, -0.15) is 0 Å². The van der Waals surface area contributed by atoms with Crippen LogP contribution in [-0.4, -0.2) is 25.8 Å². The highest BCUT2D eigenvalue weighted by molar-refractivity contribution is 9.09. The minimum Gasteiger partial charge on any atom is -0.229 e. The Hall–Kier alpha value is -0.420. The summed E-state index contributed by atoms with van der Waals surface area (Å²) in [6.07, 6.45) is 2.45. The van der Waals surface area contributed by atoms with Crippen LogP contribution >= 0.6 is 15.9 Å². The number of hydrogen-bond donors (Lipinski definition) is 0. The van der Waals surface area contributed by atoms with Crippen molar-refractivity contribution in [1.82, 2.24) is 0 Å². The molecule has 2 nitrogen and oxygen atoms in total. The molecule has 0 amide bonds. The Morgan fingerprint density at radius 2 is 2.00 bits per heavy atom. The van der Waals surface area contributed by atoms with E-state index in [1.54, 1.807) is 18.2 Å². The normalized spacial score (nSPS) is 13.6. The van der Waals surface area contributed by atoms with Gasteiger partial charge in [-0.25, -0.2) is 12.8 Å². The highest BCUT2D eigenvalue weighted by Crippen LogP contribution is 2.25. The van der Waals surface area contributed by atoms with E-state index in [9.17, 15) is 12.8 Å². The Balaban J connectivity index is 2.64. The molecular formula is C12H16BrFO2S. The minimum atomic E-state index is -2.93. The van der Waals surface area contributed by atoms with Gasteiger partial charge < -0.3 is 0 Å². The SMILES string of the molecule is CS(=O)(=O)CCCC(CBr)c1ccccc1F. The van der Waals surface area contributed by atoms with Crippen LogP contribution in [0.5, 0.6) is 0 Å².